The summed E-state index contributed by atoms with van der Waals surface area (Å²) in [7, 11) is 0. The molecule has 1 saturated heterocycles. The zero-order chi connectivity index (χ0) is 22.3. The first-order valence-corrected chi connectivity index (χ1v) is 10.9. The van der Waals surface area contributed by atoms with Crippen molar-refractivity contribution in [2.45, 2.75) is 45.2 Å². The van der Waals surface area contributed by atoms with E-state index in [1.54, 1.807) is 0 Å². The average molecular weight is 421 g/mol. The Kier molecular flexibility index (Phi) is 7.54. The van der Waals surface area contributed by atoms with Crippen LogP contribution >= 0.6 is 0 Å². The lowest BCUT2D eigenvalue weighted by atomic mass is 10.0. The first-order valence-electron chi connectivity index (χ1n) is 10.9. The molecule has 2 aromatic rings. The fourth-order valence-corrected chi connectivity index (χ4v) is 3.67. The minimum atomic E-state index is -0.222. The third kappa shape index (κ3) is 7.30. The number of urea groups is 1. The van der Waals surface area contributed by atoms with Gasteiger partial charge in [0.05, 0.1) is 18.2 Å². The first kappa shape index (κ1) is 22.6. The number of benzene rings is 2. The smallest absolute Gasteiger partial charge is 0.315 e. The lowest BCUT2D eigenvalue weighted by molar-refractivity contribution is 0.226. The van der Waals surface area contributed by atoms with Gasteiger partial charge in [0.15, 0.2) is 0 Å². The van der Waals surface area contributed by atoms with Gasteiger partial charge in [0.25, 0.3) is 0 Å². The highest BCUT2D eigenvalue weighted by molar-refractivity contribution is 5.75. The van der Waals surface area contributed by atoms with Crippen LogP contribution in [0.4, 0.5) is 4.79 Å². The molecule has 1 aliphatic rings. The number of hydrogen-bond acceptors (Lipinski definition) is 4. The van der Waals surface area contributed by atoms with Crippen molar-refractivity contribution in [3.8, 4) is 22.9 Å². The third-order valence-electron chi connectivity index (χ3n) is 5.19. The molecule has 3 rings (SSSR count). The van der Waals surface area contributed by atoms with Crippen LogP contribution in [0.2, 0.25) is 0 Å². The molecule has 164 valence electrons. The summed E-state index contributed by atoms with van der Waals surface area (Å²) in [5.74, 6) is 0.859. The van der Waals surface area contributed by atoms with E-state index in [4.69, 9.17) is 10.00 Å². The Morgan fingerprint density at radius 1 is 1.13 bits per heavy atom. The van der Waals surface area contributed by atoms with Crippen molar-refractivity contribution in [3.63, 3.8) is 0 Å². The van der Waals surface area contributed by atoms with Gasteiger partial charge in [-0.15, -0.1) is 0 Å². The second-order valence-electron chi connectivity index (χ2n) is 9.05. The average Bonchev–Trinajstić information content (AvgIpc) is 3.17. The van der Waals surface area contributed by atoms with Crippen molar-refractivity contribution in [1.29, 1.82) is 5.26 Å². The molecule has 0 radical (unpaired) electrons. The van der Waals surface area contributed by atoms with Crippen LogP contribution in [0.25, 0.3) is 11.1 Å². The monoisotopic (exact) mass is 420 g/mol. The zero-order valence-electron chi connectivity index (χ0n) is 18.6. The van der Waals surface area contributed by atoms with E-state index in [-0.39, 0.29) is 17.6 Å². The van der Waals surface area contributed by atoms with Gasteiger partial charge in [-0.2, -0.15) is 5.26 Å². The minimum Gasteiger partial charge on any atom is -0.494 e. The Hall–Kier alpha value is -3.04. The molecule has 6 heteroatoms. The number of nitrogens with one attached hydrogen (secondary N) is 2. The predicted octanol–water partition coefficient (Wildman–Crippen LogP) is 4.17. The van der Waals surface area contributed by atoms with Gasteiger partial charge in [0.1, 0.15) is 5.75 Å². The fourth-order valence-electron chi connectivity index (χ4n) is 3.67. The molecule has 0 bridgehead atoms. The first-order chi connectivity index (χ1) is 14.8. The van der Waals surface area contributed by atoms with E-state index in [2.05, 4.69) is 21.6 Å². The Morgan fingerprint density at radius 3 is 2.39 bits per heavy atom. The van der Waals surface area contributed by atoms with Crippen LogP contribution in [-0.4, -0.2) is 48.8 Å². The van der Waals surface area contributed by atoms with Crippen molar-refractivity contribution < 1.29 is 9.53 Å². The predicted molar refractivity (Wildman–Crippen MR) is 123 cm³/mol. The second-order valence-corrected chi connectivity index (χ2v) is 9.05. The summed E-state index contributed by atoms with van der Waals surface area (Å²) in [6.45, 7) is 9.45. The minimum absolute atomic E-state index is 0.0906. The van der Waals surface area contributed by atoms with Crippen LogP contribution in [-0.2, 0) is 0 Å². The van der Waals surface area contributed by atoms with Gasteiger partial charge in [-0.1, -0.05) is 24.3 Å². The van der Waals surface area contributed by atoms with Crippen LogP contribution in [0.3, 0.4) is 0 Å². The topological polar surface area (TPSA) is 77.4 Å². The summed E-state index contributed by atoms with van der Waals surface area (Å²) in [5.41, 5.74) is 2.62. The number of nitriles is 1. The molecule has 1 aliphatic heterocycles. The molecule has 1 atom stereocenters. The molecule has 0 spiro atoms. The lowest BCUT2D eigenvalue weighted by Crippen LogP contribution is -2.50. The number of hydrogen-bond donors (Lipinski definition) is 2. The molecule has 31 heavy (non-hydrogen) atoms. The number of rotatable bonds is 7. The van der Waals surface area contributed by atoms with E-state index in [0.29, 0.717) is 12.2 Å². The Bertz CT molecular complexity index is 895. The van der Waals surface area contributed by atoms with E-state index in [9.17, 15) is 4.79 Å². The highest BCUT2D eigenvalue weighted by Gasteiger charge is 2.24. The van der Waals surface area contributed by atoms with E-state index in [1.165, 1.54) is 0 Å². The van der Waals surface area contributed by atoms with Crippen LogP contribution in [0.1, 0.15) is 39.2 Å². The van der Waals surface area contributed by atoms with Gasteiger partial charge in [-0.05, 0) is 69.0 Å². The van der Waals surface area contributed by atoms with E-state index >= 15 is 0 Å². The number of nitrogens with zero attached hydrogens (tertiary/aromatic N) is 2. The second kappa shape index (κ2) is 10.3. The van der Waals surface area contributed by atoms with Gasteiger partial charge in [0, 0.05) is 31.2 Å². The van der Waals surface area contributed by atoms with Gasteiger partial charge in [-0.3, -0.25) is 0 Å². The van der Waals surface area contributed by atoms with E-state index in [0.717, 1.165) is 49.4 Å². The molecule has 0 saturated carbocycles. The standard InChI is InChI=1S/C25H32N4O2/c1-25(2,3)28-24(30)27-22-13-15-29(18-22)14-4-16-31-23-11-9-21(10-12-23)20-7-5-19(17-26)6-8-20/h5-12,22H,4,13-16,18H2,1-3H3,(H2,27,28,30)/t22-/m1/s1. The van der Waals surface area contributed by atoms with Crippen LogP contribution in [0.15, 0.2) is 48.5 Å². The molecule has 0 aromatic heterocycles. The van der Waals surface area contributed by atoms with Gasteiger partial charge in [-0.25, -0.2) is 4.79 Å². The molecule has 0 unspecified atom stereocenters. The van der Waals surface area contributed by atoms with Crippen molar-refractivity contribution in [2.75, 3.05) is 26.2 Å². The molecule has 0 aliphatic carbocycles. The van der Waals surface area contributed by atoms with Gasteiger partial charge in [0.2, 0.25) is 0 Å². The Morgan fingerprint density at radius 2 is 1.77 bits per heavy atom. The van der Waals surface area contributed by atoms with Crippen molar-refractivity contribution >= 4 is 6.03 Å². The summed E-state index contributed by atoms with van der Waals surface area (Å²) in [6, 6.07) is 17.9. The summed E-state index contributed by atoms with van der Waals surface area (Å²) in [6.07, 6.45) is 1.92. The number of amides is 2. The highest BCUT2D eigenvalue weighted by Crippen LogP contribution is 2.23. The lowest BCUT2D eigenvalue weighted by Gasteiger charge is -2.23. The SMILES string of the molecule is CC(C)(C)NC(=O)N[C@@H]1CCN(CCCOc2ccc(-c3ccc(C#N)cc3)cc2)C1. The van der Waals surface area contributed by atoms with E-state index in [1.807, 2.05) is 69.3 Å². The third-order valence-corrected chi connectivity index (χ3v) is 5.19. The van der Waals surface area contributed by atoms with Crippen LogP contribution < -0.4 is 15.4 Å². The Balaban J connectivity index is 1.35. The van der Waals surface area contributed by atoms with Gasteiger partial charge >= 0.3 is 6.03 Å². The largest absolute Gasteiger partial charge is 0.494 e. The van der Waals surface area contributed by atoms with Crippen LogP contribution in [0.5, 0.6) is 5.75 Å². The number of carbonyl (C=O) groups excluding carboxylic acids is 1. The Labute approximate surface area is 185 Å². The maximum atomic E-state index is 12.0. The zero-order valence-corrected chi connectivity index (χ0v) is 18.6. The summed E-state index contributed by atoms with van der Waals surface area (Å²) < 4.78 is 5.89. The number of likely N-dealkylation sites (tertiary alicyclic amines) is 1. The summed E-state index contributed by atoms with van der Waals surface area (Å²) >= 11 is 0. The summed E-state index contributed by atoms with van der Waals surface area (Å²) in [5, 5.41) is 14.9. The fraction of sp³-hybridized carbons (Fsp3) is 0.440. The molecule has 2 N–H and O–H groups in total. The van der Waals surface area contributed by atoms with Crippen molar-refractivity contribution in [2.24, 2.45) is 0 Å². The van der Waals surface area contributed by atoms with Crippen molar-refractivity contribution in [1.82, 2.24) is 15.5 Å². The highest BCUT2D eigenvalue weighted by atomic mass is 16.5. The number of ether oxygens (including phenoxy) is 1. The van der Waals surface area contributed by atoms with Crippen LogP contribution in [0, 0.1) is 11.3 Å². The molecule has 2 amide bonds. The molecular formula is C25H32N4O2. The maximum absolute atomic E-state index is 12.0. The molecule has 1 heterocycles. The molecule has 1 fully saturated rings. The maximum Gasteiger partial charge on any atom is 0.315 e. The molecule has 6 nitrogen and oxygen atoms in total. The van der Waals surface area contributed by atoms with Crippen molar-refractivity contribution in [3.05, 3.63) is 54.1 Å². The number of carbonyl (C=O) groups is 1. The molecule has 2 aromatic carbocycles. The normalized spacial score (nSPS) is 16.5. The quantitative estimate of drug-likeness (QED) is 0.659. The van der Waals surface area contributed by atoms with E-state index < -0.39 is 0 Å². The van der Waals surface area contributed by atoms with Gasteiger partial charge < -0.3 is 20.3 Å². The summed E-state index contributed by atoms with van der Waals surface area (Å²) in [4.78, 5) is 14.4. The molecular weight excluding hydrogens is 388 g/mol.